The van der Waals surface area contributed by atoms with Crippen LogP contribution in [-0.4, -0.2) is 50.2 Å². The van der Waals surface area contributed by atoms with Crippen LogP contribution in [0.3, 0.4) is 0 Å². The molecule has 7 unspecified atom stereocenters. The van der Waals surface area contributed by atoms with E-state index in [-0.39, 0.29) is 18.0 Å². The molecule has 0 bridgehead atoms. The summed E-state index contributed by atoms with van der Waals surface area (Å²) in [5.74, 6) is 5.49. The molecule has 0 saturated carbocycles. The fraction of sp³-hybridized carbons (Fsp3) is 0.958. The molecule has 0 heterocycles. The molecule has 0 N–H and O–H groups in total. The number of ether oxygens (including phenoxy) is 2. The minimum absolute atomic E-state index is 0.0390. The second kappa shape index (κ2) is 33.1. The summed E-state index contributed by atoms with van der Waals surface area (Å²) >= 11 is 0. The average molecular weight is 750 g/mol. The van der Waals surface area contributed by atoms with Gasteiger partial charge in [0.1, 0.15) is 6.61 Å². The number of carbonyl (C=O) groups is 2. The van der Waals surface area contributed by atoms with E-state index in [1.54, 1.807) is 0 Å². The number of esters is 2. The summed E-state index contributed by atoms with van der Waals surface area (Å²) in [6, 6.07) is 0.0390. The van der Waals surface area contributed by atoms with Crippen molar-refractivity contribution in [2.75, 3.05) is 27.3 Å². The summed E-state index contributed by atoms with van der Waals surface area (Å²) in [4.78, 5) is 27.6. The first kappa shape index (κ1) is 51.9. The second-order valence-electron chi connectivity index (χ2n) is 19.1. The standard InChI is InChI=1S/C48H95NO4/c1-13-44(31-19-29-42(9)27-17-25-40(7)23-15-21-38(3)4)35-47(50)52-34-33-46(49(11)12)37-53-48(51)36-45(14-2)32-20-30-43(10)28-18-26-41(8)24-16-22-39(5)6/h38-46H,13-37H2,1-12H3. The Bertz CT molecular complexity index is 856. The molecule has 0 aromatic carbocycles. The van der Waals surface area contributed by atoms with Gasteiger partial charge in [0.25, 0.3) is 0 Å². The number of likely N-dealkylation sites (N-methyl/N-ethyl adjacent to an activating group) is 1. The molecular weight excluding hydrogens is 655 g/mol. The average Bonchev–Trinajstić information content (AvgIpc) is 3.08. The lowest BCUT2D eigenvalue weighted by Gasteiger charge is -2.24. The van der Waals surface area contributed by atoms with E-state index in [0.29, 0.717) is 44.3 Å². The van der Waals surface area contributed by atoms with Crippen LogP contribution in [0.15, 0.2) is 0 Å². The third kappa shape index (κ3) is 31.8. The number of carbonyl (C=O) groups excluding carboxylic acids is 2. The predicted octanol–water partition coefficient (Wildman–Crippen LogP) is 14.1. The molecule has 53 heavy (non-hydrogen) atoms. The van der Waals surface area contributed by atoms with Gasteiger partial charge in [0.05, 0.1) is 6.61 Å². The third-order valence-corrected chi connectivity index (χ3v) is 12.3. The summed E-state index contributed by atoms with van der Waals surface area (Å²) in [7, 11) is 4.01. The van der Waals surface area contributed by atoms with Crippen LogP contribution >= 0.6 is 0 Å². The normalized spacial score (nSPS) is 16.1. The van der Waals surface area contributed by atoms with Crippen molar-refractivity contribution in [3.63, 3.8) is 0 Å². The molecule has 0 radical (unpaired) electrons. The summed E-state index contributed by atoms with van der Waals surface area (Å²) < 4.78 is 11.5. The monoisotopic (exact) mass is 750 g/mol. The molecule has 5 heteroatoms. The van der Waals surface area contributed by atoms with Gasteiger partial charge < -0.3 is 14.4 Å². The summed E-state index contributed by atoms with van der Waals surface area (Å²) in [5.41, 5.74) is 0. The summed E-state index contributed by atoms with van der Waals surface area (Å²) in [6.45, 7) is 24.1. The Kier molecular flexibility index (Phi) is 32.4. The Labute approximate surface area is 332 Å². The van der Waals surface area contributed by atoms with Crippen LogP contribution in [-0.2, 0) is 19.1 Å². The molecule has 0 spiro atoms. The van der Waals surface area contributed by atoms with E-state index < -0.39 is 0 Å². The molecule has 0 aliphatic carbocycles. The first-order chi connectivity index (χ1) is 25.2. The molecule has 0 rings (SSSR count). The van der Waals surface area contributed by atoms with Gasteiger partial charge in [-0.05, 0) is 74.3 Å². The van der Waals surface area contributed by atoms with Crippen LogP contribution in [0.2, 0.25) is 0 Å². The Morgan fingerprint density at radius 2 is 0.774 bits per heavy atom. The fourth-order valence-electron chi connectivity index (χ4n) is 7.94. The van der Waals surface area contributed by atoms with Crippen molar-refractivity contribution >= 4 is 11.9 Å². The minimum atomic E-state index is -0.0908. The lowest BCUT2D eigenvalue weighted by molar-refractivity contribution is -0.149. The van der Waals surface area contributed by atoms with Crippen molar-refractivity contribution in [2.24, 2.45) is 47.3 Å². The van der Waals surface area contributed by atoms with Crippen molar-refractivity contribution in [1.29, 1.82) is 0 Å². The molecule has 0 aromatic rings. The van der Waals surface area contributed by atoms with E-state index in [0.717, 1.165) is 61.2 Å². The molecule has 316 valence electrons. The lowest BCUT2D eigenvalue weighted by atomic mass is 9.90. The Balaban J connectivity index is 4.26. The summed E-state index contributed by atoms with van der Waals surface area (Å²) in [5, 5.41) is 0. The maximum atomic E-state index is 12.8. The SMILES string of the molecule is CCC(CCCC(C)CCCC(C)CCCC(C)C)CC(=O)OCCC(COC(=O)CC(CC)CCCC(C)CCCC(C)CCCC(C)C)N(C)C. The highest BCUT2D eigenvalue weighted by molar-refractivity contribution is 5.70. The van der Waals surface area contributed by atoms with Gasteiger partial charge in [-0.1, -0.05) is 185 Å². The van der Waals surface area contributed by atoms with E-state index in [1.807, 2.05) is 14.1 Å². The molecule has 0 saturated heterocycles. The minimum Gasteiger partial charge on any atom is -0.466 e. The topological polar surface area (TPSA) is 55.8 Å². The zero-order chi connectivity index (χ0) is 40.0. The number of nitrogens with zero attached hydrogens (tertiary/aromatic N) is 1. The molecule has 0 aliphatic heterocycles. The number of hydrogen-bond donors (Lipinski definition) is 0. The smallest absolute Gasteiger partial charge is 0.306 e. The molecule has 7 atom stereocenters. The third-order valence-electron chi connectivity index (χ3n) is 12.3. The molecule has 5 nitrogen and oxygen atoms in total. The van der Waals surface area contributed by atoms with Gasteiger partial charge in [-0.2, -0.15) is 0 Å². The van der Waals surface area contributed by atoms with Gasteiger partial charge in [0, 0.05) is 25.3 Å². The maximum Gasteiger partial charge on any atom is 0.306 e. The van der Waals surface area contributed by atoms with E-state index in [9.17, 15) is 9.59 Å². The first-order valence-corrected chi connectivity index (χ1v) is 23.1. The van der Waals surface area contributed by atoms with E-state index >= 15 is 0 Å². The van der Waals surface area contributed by atoms with Crippen molar-refractivity contribution in [2.45, 2.75) is 223 Å². The predicted molar refractivity (Wildman–Crippen MR) is 230 cm³/mol. The molecular formula is C48H95NO4. The van der Waals surface area contributed by atoms with Gasteiger partial charge >= 0.3 is 11.9 Å². The van der Waals surface area contributed by atoms with E-state index in [2.05, 4.69) is 74.1 Å². The highest BCUT2D eigenvalue weighted by atomic mass is 16.5. The Morgan fingerprint density at radius 3 is 1.09 bits per heavy atom. The first-order valence-electron chi connectivity index (χ1n) is 23.1. The second-order valence-corrected chi connectivity index (χ2v) is 19.1. The highest BCUT2D eigenvalue weighted by Crippen LogP contribution is 2.26. The van der Waals surface area contributed by atoms with Crippen LogP contribution in [0.25, 0.3) is 0 Å². The van der Waals surface area contributed by atoms with Crippen molar-refractivity contribution in [3.05, 3.63) is 0 Å². The van der Waals surface area contributed by atoms with Gasteiger partial charge in [-0.25, -0.2) is 0 Å². The fourth-order valence-corrected chi connectivity index (χ4v) is 7.94. The van der Waals surface area contributed by atoms with Crippen LogP contribution in [0, 0.1) is 47.3 Å². The lowest BCUT2D eigenvalue weighted by Crippen LogP contribution is -2.35. The molecule has 0 aliphatic rings. The largest absolute Gasteiger partial charge is 0.466 e. The van der Waals surface area contributed by atoms with E-state index in [1.165, 1.54) is 103 Å². The van der Waals surface area contributed by atoms with Gasteiger partial charge in [-0.15, -0.1) is 0 Å². The molecule has 0 aromatic heterocycles. The van der Waals surface area contributed by atoms with Crippen LogP contribution < -0.4 is 0 Å². The van der Waals surface area contributed by atoms with Crippen molar-refractivity contribution in [1.82, 2.24) is 4.90 Å². The van der Waals surface area contributed by atoms with Gasteiger partial charge in [-0.3, -0.25) is 9.59 Å². The Hall–Kier alpha value is -1.10. The quantitative estimate of drug-likeness (QED) is 0.0597. The van der Waals surface area contributed by atoms with Gasteiger partial charge in [0.2, 0.25) is 0 Å². The van der Waals surface area contributed by atoms with E-state index in [4.69, 9.17) is 9.47 Å². The van der Waals surface area contributed by atoms with Gasteiger partial charge in [0.15, 0.2) is 0 Å². The van der Waals surface area contributed by atoms with Crippen molar-refractivity contribution in [3.8, 4) is 0 Å². The zero-order valence-corrected chi connectivity index (χ0v) is 38.0. The van der Waals surface area contributed by atoms with Crippen molar-refractivity contribution < 1.29 is 19.1 Å². The highest BCUT2D eigenvalue weighted by Gasteiger charge is 2.20. The molecule has 0 amide bonds. The molecule has 0 fully saturated rings. The van der Waals surface area contributed by atoms with Crippen LogP contribution in [0.1, 0.15) is 217 Å². The zero-order valence-electron chi connectivity index (χ0n) is 38.0. The summed E-state index contributed by atoms with van der Waals surface area (Å²) in [6.07, 6.45) is 27.1. The van der Waals surface area contributed by atoms with Crippen LogP contribution in [0.4, 0.5) is 0 Å². The number of hydrogen-bond acceptors (Lipinski definition) is 5. The maximum absolute atomic E-state index is 12.8. The Morgan fingerprint density at radius 1 is 0.453 bits per heavy atom. The number of rotatable bonds is 36. The van der Waals surface area contributed by atoms with Crippen LogP contribution in [0.5, 0.6) is 0 Å².